The third kappa shape index (κ3) is 8.83. The van der Waals surface area contributed by atoms with Gasteiger partial charge in [-0.15, -0.1) is 0 Å². The lowest BCUT2D eigenvalue weighted by atomic mass is 9.98. The molecule has 1 fully saturated rings. The van der Waals surface area contributed by atoms with E-state index in [1.165, 1.54) is 12.1 Å². The van der Waals surface area contributed by atoms with Crippen molar-refractivity contribution in [2.24, 2.45) is 0 Å². The standard InChI is InChI=1S/C24H40O9S/c1-4-6-14-29-22-21(26)20(17-32-34(27,28)19-11-9-18(3)10-12-19)33-24(31-16-8-13-25)23(22)30-15-7-5-2/h9-12,20-26H,4-8,13-17H2,1-3H3. The van der Waals surface area contributed by atoms with Gasteiger partial charge in [0.05, 0.1) is 18.1 Å². The normalized spacial score (nSPS) is 25.5. The summed E-state index contributed by atoms with van der Waals surface area (Å²) in [5.74, 6) is 0. The fraction of sp³-hybridized carbons (Fsp3) is 0.750. The van der Waals surface area contributed by atoms with Gasteiger partial charge in [-0.05, 0) is 38.3 Å². The van der Waals surface area contributed by atoms with E-state index >= 15 is 0 Å². The van der Waals surface area contributed by atoms with Crippen LogP contribution in [0.3, 0.4) is 0 Å². The summed E-state index contributed by atoms with van der Waals surface area (Å²) in [6.07, 6.45) is -0.744. The van der Waals surface area contributed by atoms with Crippen LogP contribution in [0.15, 0.2) is 29.2 Å². The van der Waals surface area contributed by atoms with E-state index in [4.69, 9.17) is 28.2 Å². The van der Waals surface area contributed by atoms with Crippen LogP contribution in [0.1, 0.15) is 51.5 Å². The number of rotatable bonds is 16. The monoisotopic (exact) mass is 504 g/mol. The maximum atomic E-state index is 12.6. The number of hydrogen-bond donors (Lipinski definition) is 2. The summed E-state index contributed by atoms with van der Waals surface area (Å²) in [4.78, 5) is 0.0238. The topological polar surface area (TPSA) is 121 Å². The molecule has 1 saturated heterocycles. The number of benzene rings is 1. The quantitative estimate of drug-likeness (QED) is 0.258. The molecule has 0 spiro atoms. The van der Waals surface area contributed by atoms with Crippen LogP contribution in [0, 0.1) is 6.92 Å². The van der Waals surface area contributed by atoms with Crippen molar-refractivity contribution in [3.05, 3.63) is 29.8 Å². The zero-order valence-electron chi connectivity index (χ0n) is 20.4. The number of aliphatic hydroxyl groups is 2. The molecule has 196 valence electrons. The van der Waals surface area contributed by atoms with E-state index in [9.17, 15) is 13.5 Å². The molecular formula is C24H40O9S. The van der Waals surface area contributed by atoms with Crippen molar-refractivity contribution in [1.29, 1.82) is 0 Å². The van der Waals surface area contributed by atoms with Gasteiger partial charge in [-0.1, -0.05) is 44.4 Å². The van der Waals surface area contributed by atoms with E-state index in [0.717, 1.165) is 31.2 Å². The van der Waals surface area contributed by atoms with Crippen LogP contribution >= 0.6 is 0 Å². The molecule has 2 rings (SSSR count). The van der Waals surface area contributed by atoms with Gasteiger partial charge in [0.25, 0.3) is 10.1 Å². The van der Waals surface area contributed by atoms with E-state index in [0.29, 0.717) is 19.6 Å². The Morgan fingerprint density at radius 1 is 0.912 bits per heavy atom. The van der Waals surface area contributed by atoms with Crippen molar-refractivity contribution in [1.82, 2.24) is 0 Å². The van der Waals surface area contributed by atoms with E-state index in [-0.39, 0.29) is 18.1 Å². The molecule has 0 bridgehead atoms. The molecule has 0 aromatic heterocycles. The van der Waals surface area contributed by atoms with E-state index in [1.54, 1.807) is 12.1 Å². The first-order chi connectivity index (χ1) is 16.3. The highest BCUT2D eigenvalue weighted by atomic mass is 32.2. The van der Waals surface area contributed by atoms with Gasteiger partial charge in [-0.3, -0.25) is 4.18 Å². The first-order valence-corrected chi connectivity index (χ1v) is 13.5. The minimum atomic E-state index is -4.04. The van der Waals surface area contributed by atoms with Crippen LogP contribution in [0.5, 0.6) is 0 Å². The van der Waals surface area contributed by atoms with Crippen LogP contribution in [0.4, 0.5) is 0 Å². The predicted octanol–water partition coefficient (Wildman–Crippen LogP) is 2.56. The number of hydrogen-bond acceptors (Lipinski definition) is 9. The molecule has 0 radical (unpaired) electrons. The fourth-order valence-corrected chi connectivity index (χ4v) is 4.37. The second-order valence-electron chi connectivity index (χ2n) is 8.41. The highest BCUT2D eigenvalue weighted by molar-refractivity contribution is 7.86. The Morgan fingerprint density at radius 3 is 2.09 bits per heavy atom. The minimum Gasteiger partial charge on any atom is -0.396 e. The molecule has 9 nitrogen and oxygen atoms in total. The molecule has 5 atom stereocenters. The lowest BCUT2D eigenvalue weighted by Crippen LogP contribution is -2.61. The van der Waals surface area contributed by atoms with Gasteiger partial charge in [0.2, 0.25) is 0 Å². The number of aryl methyl sites for hydroxylation is 1. The zero-order chi connectivity index (χ0) is 25.0. The van der Waals surface area contributed by atoms with Crippen LogP contribution in [-0.2, 0) is 33.2 Å². The van der Waals surface area contributed by atoms with Gasteiger partial charge in [0.1, 0.15) is 24.4 Å². The maximum Gasteiger partial charge on any atom is 0.297 e. The molecule has 1 aliphatic heterocycles. The number of ether oxygens (including phenoxy) is 4. The summed E-state index contributed by atoms with van der Waals surface area (Å²) in [5.41, 5.74) is 0.925. The smallest absolute Gasteiger partial charge is 0.297 e. The third-order valence-corrected chi connectivity index (χ3v) is 6.81. The van der Waals surface area contributed by atoms with E-state index in [1.807, 2.05) is 20.8 Å². The fourth-order valence-electron chi connectivity index (χ4n) is 3.45. The number of aliphatic hydroxyl groups excluding tert-OH is 2. The van der Waals surface area contributed by atoms with Gasteiger partial charge in [0, 0.05) is 19.8 Å². The van der Waals surface area contributed by atoms with Crippen molar-refractivity contribution in [3.8, 4) is 0 Å². The predicted molar refractivity (Wildman–Crippen MR) is 126 cm³/mol. The van der Waals surface area contributed by atoms with Gasteiger partial charge in [-0.2, -0.15) is 8.42 Å². The highest BCUT2D eigenvalue weighted by Gasteiger charge is 2.47. The Balaban J connectivity index is 2.17. The molecule has 1 heterocycles. The second-order valence-corrected chi connectivity index (χ2v) is 10.0. The molecule has 5 unspecified atom stereocenters. The summed E-state index contributed by atoms with van der Waals surface area (Å²) >= 11 is 0. The second kappa shape index (κ2) is 15.1. The summed E-state index contributed by atoms with van der Waals surface area (Å²) in [6, 6.07) is 6.31. The van der Waals surface area contributed by atoms with E-state index < -0.39 is 47.4 Å². The first-order valence-electron chi connectivity index (χ1n) is 12.1. The minimum absolute atomic E-state index is 0.0238. The molecular weight excluding hydrogens is 464 g/mol. The molecule has 1 aliphatic rings. The van der Waals surface area contributed by atoms with E-state index in [2.05, 4.69) is 0 Å². The molecule has 0 saturated carbocycles. The van der Waals surface area contributed by atoms with Crippen molar-refractivity contribution < 1.29 is 41.8 Å². The summed E-state index contributed by atoms with van der Waals surface area (Å²) < 4.78 is 54.2. The number of unbranched alkanes of at least 4 members (excludes halogenated alkanes) is 2. The molecule has 1 aromatic carbocycles. The zero-order valence-corrected chi connectivity index (χ0v) is 21.2. The molecule has 2 N–H and O–H groups in total. The third-order valence-electron chi connectivity index (χ3n) is 5.52. The van der Waals surface area contributed by atoms with Crippen molar-refractivity contribution in [3.63, 3.8) is 0 Å². The molecule has 0 aliphatic carbocycles. The Morgan fingerprint density at radius 2 is 1.50 bits per heavy atom. The summed E-state index contributed by atoms with van der Waals surface area (Å²) in [7, 11) is -4.04. The Kier molecular flexibility index (Phi) is 12.9. The Hall–Kier alpha value is -1.11. The first kappa shape index (κ1) is 29.1. The van der Waals surface area contributed by atoms with Gasteiger partial charge >= 0.3 is 0 Å². The van der Waals surface area contributed by atoms with Gasteiger partial charge in [0.15, 0.2) is 6.29 Å². The van der Waals surface area contributed by atoms with Crippen LogP contribution in [0.25, 0.3) is 0 Å². The Bertz CT molecular complexity index is 784. The Labute approximate surface area is 203 Å². The van der Waals surface area contributed by atoms with Crippen LogP contribution < -0.4 is 0 Å². The molecule has 0 amide bonds. The summed E-state index contributed by atoms with van der Waals surface area (Å²) in [6.45, 7) is 6.54. The largest absolute Gasteiger partial charge is 0.396 e. The SMILES string of the molecule is CCCCOC1C(OCCCO)OC(COS(=O)(=O)c2ccc(C)cc2)C(O)C1OCCCC. The van der Waals surface area contributed by atoms with Crippen molar-refractivity contribution >= 4 is 10.1 Å². The highest BCUT2D eigenvalue weighted by Crippen LogP contribution is 2.28. The van der Waals surface area contributed by atoms with Crippen LogP contribution in [-0.4, -0.2) is 82.4 Å². The molecule has 1 aromatic rings. The lowest BCUT2D eigenvalue weighted by Gasteiger charge is -2.44. The van der Waals surface area contributed by atoms with Crippen molar-refractivity contribution in [2.45, 2.75) is 88.5 Å². The molecule has 34 heavy (non-hydrogen) atoms. The average molecular weight is 505 g/mol. The summed E-state index contributed by atoms with van der Waals surface area (Å²) in [5, 5.41) is 20.2. The van der Waals surface area contributed by atoms with Crippen LogP contribution in [0.2, 0.25) is 0 Å². The maximum absolute atomic E-state index is 12.6. The lowest BCUT2D eigenvalue weighted by molar-refractivity contribution is -0.315. The molecule has 10 heteroatoms. The van der Waals surface area contributed by atoms with Gasteiger partial charge in [-0.25, -0.2) is 0 Å². The average Bonchev–Trinajstić information content (AvgIpc) is 2.81. The van der Waals surface area contributed by atoms with Gasteiger partial charge < -0.3 is 29.2 Å². The van der Waals surface area contributed by atoms with Crippen molar-refractivity contribution in [2.75, 3.05) is 33.0 Å².